The van der Waals surface area contributed by atoms with Crippen LogP contribution in [-0.4, -0.2) is 4.57 Å². The van der Waals surface area contributed by atoms with Gasteiger partial charge in [-0.3, -0.25) is 0 Å². The largest absolute Gasteiger partial charge is 0.310 e. The highest BCUT2D eigenvalue weighted by molar-refractivity contribution is 6.22. The number of hydrogen-bond donors (Lipinski definition) is 0. The van der Waals surface area contributed by atoms with Gasteiger partial charge in [-0.05, 0) is 115 Å². The number of benzene rings is 11. The molecule has 12 rings (SSSR count). The third-order valence-electron chi connectivity index (χ3n) is 12.5. The Bertz CT molecular complexity index is 3620. The van der Waals surface area contributed by atoms with Gasteiger partial charge in [0.05, 0.1) is 16.7 Å². The van der Waals surface area contributed by atoms with Crippen molar-refractivity contribution >= 4 is 71.2 Å². The number of para-hydroxylation sites is 2. The van der Waals surface area contributed by atoms with Crippen molar-refractivity contribution in [3.05, 3.63) is 243 Å². The first-order valence-corrected chi connectivity index (χ1v) is 21.3. The molecule has 0 aliphatic heterocycles. The van der Waals surface area contributed by atoms with Crippen molar-refractivity contribution in [2.45, 2.75) is 0 Å². The maximum absolute atomic E-state index is 2.44. The second-order valence-electron chi connectivity index (χ2n) is 16.1. The van der Waals surface area contributed by atoms with Crippen LogP contribution in [0.25, 0.3) is 93.2 Å². The quantitative estimate of drug-likeness (QED) is 0.146. The van der Waals surface area contributed by atoms with Crippen LogP contribution in [0.1, 0.15) is 0 Å². The summed E-state index contributed by atoms with van der Waals surface area (Å²) in [6, 6.07) is 88.5. The van der Waals surface area contributed by atoms with E-state index in [1.807, 2.05) is 0 Å². The van der Waals surface area contributed by atoms with Gasteiger partial charge in [-0.15, -0.1) is 0 Å². The minimum atomic E-state index is 1.09. The van der Waals surface area contributed by atoms with Gasteiger partial charge >= 0.3 is 0 Å². The summed E-state index contributed by atoms with van der Waals surface area (Å²) in [5.41, 5.74) is 14.1. The molecule has 1 aromatic heterocycles. The van der Waals surface area contributed by atoms with Gasteiger partial charge in [0.2, 0.25) is 0 Å². The van der Waals surface area contributed by atoms with Gasteiger partial charge in [0, 0.05) is 33.2 Å². The Kier molecular flexibility index (Phi) is 8.53. The number of nitrogens with zero attached hydrogens (tertiary/aromatic N) is 2. The lowest BCUT2D eigenvalue weighted by atomic mass is 9.84. The molecule has 2 heteroatoms. The molecule has 0 unspecified atom stereocenters. The lowest BCUT2D eigenvalue weighted by molar-refractivity contribution is 1.18. The molecule has 0 saturated carbocycles. The SMILES string of the molecule is c1ccc(-c2c(-c3ccccc3)c3cc(-c4cccc(N(c5ccc6c7ccccc7n(-c7ccccc7)c6c5)c5cccc6ccccc56)c4)ccc3c3ccccc23)cc1. The number of anilines is 3. The van der Waals surface area contributed by atoms with Gasteiger partial charge in [0.25, 0.3) is 0 Å². The third kappa shape index (κ3) is 5.88. The fraction of sp³-hybridized carbons (Fsp3) is 0. The van der Waals surface area contributed by atoms with E-state index in [4.69, 9.17) is 0 Å². The summed E-state index contributed by atoms with van der Waals surface area (Å²) in [7, 11) is 0. The van der Waals surface area contributed by atoms with E-state index in [0.717, 1.165) is 28.3 Å². The van der Waals surface area contributed by atoms with Crippen LogP contribution in [0.3, 0.4) is 0 Å². The van der Waals surface area contributed by atoms with Gasteiger partial charge in [-0.2, -0.15) is 0 Å². The molecule has 0 aliphatic rings. The standard InChI is InChI=1S/C60H40N2/c1-4-19-42(20-5-1)59-54-31-13-12-29-50(54)51-36-34-45(39-55(51)60(59)43-21-6-2-7-22-43)44-24-16-27-47(38-44)61(56-33-17-23-41-18-10-11-28-49(41)56)48-35-37-53-52-30-14-15-32-57(52)62(58(53)40-48)46-25-8-3-9-26-46/h1-40H. The molecule has 62 heavy (non-hydrogen) atoms. The number of fused-ring (bicyclic) bond motifs is 7. The average Bonchev–Trinajstić information content (AvgIpc) is 3.68. The van der Waals surface area contributed by atoms with E-state index in [0.29, 0.717) is 0 Å². The van der Waals surface area contributed by atoms with Crippen LogP contribution in [0.2, 0.25) is 0 Å². The fourth-order valence-electron chi connectivity index (χ4n) is 9.79. The molecule has 0 N–H and O–H groups in total. The Balaban J connectivity index is 1.09. The lowest BCUT2D eigenvalue weighted by Gasteiger charge is -2.27. The highest BCUT2D eigenvalue weighted by Gasteiger charge is 2.21. The van der Waals surface area contributed by atoms with Crippen LogP contribution in [0.5, 0.6) is 0 Å². The molecule has 0 saturated heterocycles. The Morgan fingerprint density at radius 2 is 0.790 bits per heavy atom. The second-order valence-corrected chi connectivity index (χ2v) is 16.1. The van der Waals surface area contributed by atoms with Crippen molar-refractivity contribution in [3.63, 3.8) is 0 Å². The van der Waals surface area contributed by atoms with Crippen molar-refractivity contribution < 1.29 is 0 Å². The zero-order valence-corrected chi connectivity index (χ0v) is 34.0. The minimum Gasteiger partial charge on any atom is -0.310 e. The molecule has 0 atom stereocenters. The van der Waals surface area contributed by atoms with Crippen LogP contribution >= 0.6 is 0 Å². The second kappa shape index (κ2) is 14.8. The van der Waals surface area contributed by atoms with Crippen molar-refractivity contribution in [3.8, 4) is 39.1 Å². The van der Waals surface area contributed by atoms with Crippen LogP contribution in [0.4, 0.5) is 17.1 Å². The van der Waals surface area contributed by atoms with Crippen molar-refractivity contribution in [1.29, 1.82) is 0 Å². The van der Waals surface area contributed by atoms with Gasteiger partial charge < -0.3 is 9.47 Å². The molecule has 12 aromatic rings. The summed E-state index contributed by atoms with van der Waals surface area (Å²) in [5.74, 6) is 0. The van der Waals surface area contributed by atoms with Gasteiger partial charge in [0.1, 0.15) is 0 Å². The van der Waals surface area contributed by atoms with Crippen LogP contribution < -0.4 is 4.90 Å². The van der Waals surface area contributed by atoms with Crippen LogP contribution in [0.15, 0.2) is 243 Å². The summed E-state index contributed by atoms with van der Waals surface area (Å²) in [6.07, 6.45) is 0. The number of hydrogen-bond acceptors (Lipinski definition) is 1. The van der Waals surface area contributed by atoms with Crippen molar-refractivity contribution in [2.24, 2.45) is 0 Å². The smallest absolute Gasteiger partial charge is 0.0561 e. The molecule has 1 heterocycles. The van der Waals surface area contributed by atoms with Gasteiger partial charge in [0.15, 0.2) is 0 Å². The highest BCUT2D eigenvalue weighted by Crippen LogP contribution is 2.47. The summed E-state index contributed by atoms with van der Waals surface area (Å²) < 4.78 is 2.40. The van der Waals surface area contributed by atoms with Gasteiger partial charge in [-0.1, -0.05) is 188 Å². The predicted octanol–water partition coefficient (Wildman–Crippen LogP) is 16.7. The molecule has 0 aliphatic carbocycles. The van der Waals surface area contributed by atoms with Crippen LogP contribution in [0, 0.1) is 0 Å². The van der Waals surface area contributed by atoms with E-state index in [-0.39, 0.29) is 0 Å². The molecule has 11 aromatic carbocycles. The Morgan fingerprint density at radius 3 is 1.56 bits per heavy atom. The molecular formula is C60H40N2. The van der Waals surface area contributed by atoms with E-state index in [2.05, 4.69) is 252 Å². The van der Waals surface area contributed by atoms with E-state index in [1.165, 1.54) is 81.9 Å². The van der Waals surface area contributed by atoms with Gasteiger partial charge in [-0.25, -0.2) is 0 Å². The van der Waals surface area contributed by atoms with Crippen molar-refractivity contribution in [1.82, 2.24) is 4.57 Å². The van der Waals surface area contributed by atoms with Crippen molar-refractivity contribution in [2.75, 3.05) is 4.90 Å². The Morgan fingerprint density at radius 1 is 0.274 bits per heavy atom. The molecule has 0 fully saturated rings. The van der Waals surface area contributed by atoms with E-state index >= 15 is 0 Å². The highest BCUT2D eigenvalue weighted by atomic mass is 15.1. The topological polar surface area (TPSA) is 8.17 Å². The van der Waals surface area contributed by atoms with Crippen LogP contribution in [-0.2, 0) is 0 Å². The number of aromatic nitrogens is 1. The molecule has 0 spiro atoms. The van der Waals surface area contributed by atoms with E-state index < -0.39 is 0 Å². The zero-order chi connectivity index (χ0) is 41.0. The number of rotatable bonds is 7. The molecule has 290 valence electrons. The lowest BCUT2D eigenvalue weighted by Crippen LogP contribution is -2.11. The first kappa shape index (κ1) is 35.7. The fourth-order valence-corrected chi connectivity index (χ4v) is 9.79. The summed E-state index contributed by atoms with van der Waals surface area (Å²) in [4.78, 5) is 2.44. The summed E-state index contributed by atoms with van der Waals surface area (Å²) >= 11 is 0. The van der Waals surface area contributed by atoms with E-state index in [1.54, 1.807) is 0 Å². The molecule has 0 radical (unpaired) electrons. The average molecular weight is 789 g/mol. The summed E-state index contributed by atoms with van der Waals surface area (Å²) in [5, 5.41) is 9.87. The van der Waals surface area contributed by atoms with E-state index in [9.17, 15) is 0 Å². The molecule has 2 nitrogen and oxygen atoms in total. The first-order chi connectivity index (χ1) is 30.8. The predicted molar refractivity (Wildman–Crippen MR) is 264 cm³/mol. The molecular weight excluding hydrogens is 749 g/mol. The maximum Gasteiger partial charge on any atom is 0.0561 e. The molecule has 0 amide bonds. The Labute approximate surface area is 360 Å². The summed E-state index contributed by atoms with van der Waals surface area (Å²) in [6.45, 7) is 0. The zero-order valence-electron chi connectivity index (χ0n) is 34.0. The monoisotopic (exact) mass is 788 g/mol. The third-order valence-corrected chi connectivity index (χ3v) is 12.5. The maximum atomic E-state index is 2.44. The Hall–Kier alpha value is -8.20. The molecule has 0 bridgehead atoms. The normalized spacial score (nSPS) is 11.5. The first-order valence-electron chi connectivity index (χ1n) is 21.3. The minimum absolute atomic E-state index is 1.09.